The van der Waals surface area contributed by atoms with Gasteiger partial charge in [0.15, 0.2) is 0 Å². The van der Waals surface area contributed by atoms with E-state index in [0.29, 0.717) is 18.1 Å². The molecule has 0 atom stereocenters. The van der Waals surface area contributed by atoms with Crippen molar-refractivity contribution in [1.82, 2.24) is 5.32 Å². The van der Waals surface area contributed by atoms with Gasteiger partial charge in [0, 0.05) is 0 Å². The van der Waals surface area contributed by atoms with Gasteiger partial charge in [-0.05, 0) is 35.7 Å². The predicted octanol–water partition coefficient (Wildman–Crippen LogP) is 3.92. The van der Waals surface area contributed by atoms with Crippen molar-refractivity contribution in [3.8, 4) is 11.3 Å². The Kier molecular flexibility index (Phi) is 3.56. The summed E-state index contributed by atoms with van der Waals surface area (Å²) in [6.07, 6.45) is 3.20. The number of anilines is 1. The predicted molar refractivity (Wildman–Crippen MR) is 76.6 cm³/mol. The van der Waals surface area contributed by atoms with E-state index in [1.165, 1.54) is 11.3 Å². The van der Waals surface area contributed by atoms with E-state index >= 15 is 0 Å². The van der Waals surface area contributed by atoms with Crippen LogP contribution in [0, 0.1) is 0 Å². The summed E-state index contributed by atoms with van der Waals surface area (Å²) < 4.78 is 10.6. The Labute approximate surface area is 119 Å². The summed E-state index contributed by atoms with van der Waals surface area (Å²) >= 11 is 1.47. The Morgan fingerprint density at radius 2 is 2.20 bits per heavy atom. The maximum atomic E-state index is 11.6. The third kappa shape index (κ3) is 2.92. The van der Waals surface area contributed by atoms with Crippen molar-refractivity contribution in [2.75, 3.05) is 5.32 Å². The lowest BCUT2D eigenvalue weighted by molar-refractivity contribution is 0.251. The summed E-state index contributed by atoms with van der Waals surface area (Å²) in [6.45, 7) is 0.328. The van der Waals surface area contributed by atoms with Crippen molar-refractivity contribution in [2.24, 2.45) is 0 Å². The lowest BCUT2D eigenvalue weighted by atomic mass is 10.3. The normalized spacial score (nSPS) is 10.4. The molecule has 6 heteroatoms. The van der Waals surface area contributed by atoms with Gasteiger partial charge in [-0.15, -0.1) is 11.3 Å². The molecule has 2 N–H and O–H groups in total. The highest BCUT2D eigenvalue weighted by Gasteiger charge is 2.07. The molecule has 3 heterocycles. The molecule has 0 radical (unpaired) electrons. The van der Waals surface area contributed by atoms with E-state index in [0.717, 1.165) is 10.6 Å². The smallest absolute Gasteiger partial charge is 0.320 e. The van der Waals surface area contributed by atoms with E-state index in [1.807, 2.05) is 35.7 Å². The fourth-order valence-electron chi connectivity index (χ4n) is 1.71. The summed E-state index contributed by atoms with van der Waals surface area (Å²) in [5.74, 6) is 1.40. The first-order chi connectivity index (χ1) is 9.81. The van der Waals surface area contributed by atoms with Gasteiger partial charge in [-0.25, -0.2) is 4.79 Å². The zero-order chi connectivity index (χ0) is 13.8. The van der Waals surface area contributed by atoms with Crippen molar-refractivity contribution in [3.63, 3.8) is 0 Å². The molecule has 0 fully saturated rings. The standard InChI is InChI=1S/C14H12N2O3S/c17-14(16-13-2-1-7-20-13)15-8-11-3-4-12(19-11)10-5-6-18-9-10/h1-7,9H,8H2,(H2,15,16,17). The molecule has 0 saturated carbocycles. The molecule has 0 aliphatic rings. The summed E-state index contributed by atoms with van der Waals surface area (Å²) in [5.41, 5.74) is 0.874. The SMILES string of the molecule is O=C(NCc1ccc(-c2ccoc2)o1)Nc1cccs1. The monoisotopic (exact) mass is 288 g/mol. The molecule has 0 aliphatic carbocycles. The van der Waals surface area contributed by atoms with Crippen molar-refractivity contribution >= 4 is 22.4 Å². The molecule has 0 aromatic carbocycles. The Balaban J connectivity index is 1.55. The largest absolute Gasteiger partial charge is 0.472 e. The van der Waals surface area contributed by atoms with Crippen LogP contribution in [0.2, 0.25) is 0 Å². The summed E-state index contributed by atoms with van der Waals surface area (Å²) in [5, 5.41) is 8.18. The molecule has 20 heavy (non-hydrogen) atoms. The zero-order valence-electron chi connectivity index (χ0n) is 10.5. The van der Waals surface area contributed by atoms with Crippen molar-refractivity contribution in [2.45, 2.75) is 6.54 Å². The summed E-state index contributed by atoms with van der Waals surface area (Å²) in [4.78, 5) is 11.6. The van der Waals surface area contributed by atoms with Gasteiger partial charge in [-0.2, -0.15) is 0 Å². The van der Waals surface area contributed by atoms with Crippen LogP contribution in [-0.2, 0) is 6.54 Å². The highest BCUT2D eigenvalue weighted by molar-refractivity contribution is 7.14. The zero-order valence-corrected chi connectivity index (χ0v) is 11.3. The van der Waals surface area contributed by atoms with Gasteiger partial charge >= 0.3 is 6.03 Å². The van der Waals surface area contributed by atoms with Gasteiger partial charge in [-0.1, -0.05) is 0 Å². The summed E-state index contributed by atoms with van der Waals surface area (Å²) in [6, 6.07) is 8.96. The van der Waals surface area contributed by atoms with Crippen LogP contribution in [-0.4, -0.2) is 6.03 Å². The molecule has 0 spiro atoms. The number of amides is 2. The fourth-order valence-corrected chi connectivity index (χ4v) is 2.32. The molecule has 3 aromatic rings. The number of carbonyl (C=O) groups excluding carboxylic acids is 1. The summed E-state index contributed by atoms with van der Waals surface area (Å²) in [7, 11) is 0. The Hall–Kier alpha value is -2.47. The molecular weight excluding hydrogens is 276 g/mol. The molecule has 2 amide bonds. The second-order valence-corrected chi connectivity index (χ2v) is 5.01. The molecule has 0 unspecified atom stereocenters. The van der Waals surface area contributed by atoms with E-state index in [-0.39, 0.29) is 6.03 Å². The number of hydrogen-bond donors (Lipinski definition) is 2. The number of thiophene rings is 1. The van der Waals surface area contributed by atoms with Crippen LogP contribution in [0.5, 0.6) is 0 Å². The quantitative estimate of drug-likeness (QED) is 0.764. The van der Waals surface area contributed by atoms with Gasteiger partial charge in [-0.3, -0.25) is 5.32 Å². The average molecular weight is 288 g/mol. The van der Waals surface area contributed by atoms with Gasteiger partial charge in [0.2, 0.25) is 0 Å². The van der Waals surface area contributed by atoms with Crippen LogP contribution in [0.25, 0.3) is 11.3 Å². The number of furan rings is 2. The molecule has 0 saturated heterocycles. The van der Waals surface area contributed by atoms with Gasteiger partial charge in [0.05, 0.1) is 23.4 Å². The van der Waals surface area contributed by atoms with E-state index in [2.05, 4.69) is 10.6 Å². The van der Waals surface area contributed by atoms with Gasteiger partial charge in [0.1, 0.15) is 17.8 Å². The number of carbonyl (C=O) groups is 1. The molecule has 3 rings (SSSR count). The minimum absolute atomic E-state index is 0.256. The number of urea groups is 1. The Morgan fingerprint density at radius 1 is 1.25 bits per heavy atom. The third-order valence-corrected chi connectivity index (χ3v) is 3.43. The van der Waals surface area contributed by atoms with E-state index in [4.69, 9.17) is 8.83 Å². The lowest BCUT2D eigenvalue weighted by Crippen LogP contribution is -2.27. The van der Waals surface area contributed by atoms with Crippen LogP contribution >= 0.6 is 11.3 Å². The molecule has 5 nitrogen and oxygen atoms in total. The van der Waals surface area contributed by atoms with Gasteiger partial charge in [0.25, 0.3) is 0 Å². The molecule has 0 aliphatic heterocycles. The third-order valence-electron chi connectivity index (χ3n) is 2.65. The number of rotatable bonds is 4. The van der Waals surface area contributed by atoms with Gasteiger partial charge < -0.3 is 14.2 Å². The number of nitrogens with one attached hydrogen (secondary N) is 2. The van der Waals surface area contributed by atoms with Crippen LogP contribution in [0.15, 0.2) is 57.1 Å². The van der Waals surface area contributed by atoms with Crippen LogP contribution < -0.4 is 10.6 Å². The highest BCUT2D eigenvalue weighted by Crippen LogP contribution is 2.22. The molecule has 102 valence electrons. The number of hydrogen-bond acceptors (Lipinski definition) is 4. The highest BCUT2D eigenvalue weighted by atomic mass is 32.1. The fraction of sp³-hybridized carbons (Fsp3) is 0.0714. The maximum absolute atomic E-state index is 11.6. The van der Waals surface area contributed by atoms with Crippen molar-refractivity contribution in [1.29, 1.82) is 0 Å². The van der Waals surface area contributed by atoms with E-state index in [1.54, 1.807) is 12.5 Å². The first-order valence-corrected chi connectivity index (χ1v) is 6.89. The topological polar surface area (TPSA) is 67.4 Å². The molecule has 0 bridgehead atoms. The first-order valence-electron chi connectivity index (χ1n) is 6.01. The van der Waals surface area contributed by atoms with E-state index < -0.39 is 0 Å². The van der Waals surface area contributed by atoms with E-state index in [9.17, 15) is 4.79 Å². The van der Waals surface area contributed by atoms with Crippen LogP contribution in [0.1, 0.15) is 5.76 Å². The minimum Gasteiger partial charge on any atom is -0.472 e. The molecule has 3 aromatic heterocycles. The maximum Gasteiger partial charge on any atom is 0.320 e. The average Bonchev–Trinajstić information content (AvgIpc) is 3.18. The van der Waals surface area contributed by atoms with Crippen LogP contribution in [0.4, 0.5) is 9.80 Å². The first kappa shape index (κ1) is 12.6. The lowest BCUT2D eigenvalue weighted by Gasteiger charge is -2.03. The molecular formula is C14H12N2O3S. The van der Waals surface area contributed by atoms with Crippen molar-refractivity contribution in [3.05, 3.63) is 54.0 Å². The minimum atomic E-state index is -0.256. The Bertz CT molecular complexity index is 671. The Morgan fingerprint density at radius 3 is 2.95 bits per heavy atom. The van der Waals surface area contributed by atoms with Crippen LogP contribution in [0.3, 0.4) is 0 Å². The second-order valence-electron chi connectivity index (χ2n) is 4.06. The van der Waals surface area contributed by atoms with Crippen molar-refractivity contribution < 1.29 is 13.6 Å². The second kappa shape index (κ2) is 5.66.